The highest BCUT2D eigenvalue weighted by atomic mass is 35.5. The molecule has 26 heavy (non-hydrogen) atoms. The normalized spacial score (nSPS) is 15.8. The molecule has 0 amide bonds. The van der Waals surface area contributed by atoms with Crippen LogP contribution in [0.4, 0.5) is 0 Å². The lowest BCUT2D eigenvalue weighted by Crippen LogP contribution is -2.41. The van der Waals surface area contributed by atoms with Gasteiger partial charge in [-0.1, -0.05) is 23.7 Å². The Morgan fingerprint density at radius 3 is 2.54 bits per heavy atom. The van der Waals surface area contributed by atoms with Crippen LogP contribution in [0.5, 0.6) is 0 Å². The van der Waals surface area contributed by atoms with E-state index in [1.165, 1.54) is 24.1 Å². The zero-order chi connectivity index (χ0) is 18.6. The lowest BCUT2D eigenvalue weighted by molar-refractivity contribution is 0.553. The molecule has 1 aliphatic carbocycles. The van der Waals surface area contributed by atoms with Gasteiger partial charge in [0.2, 0.25) is 0 Å². The maximum absolute atomic E-state index is 6.01. The van der Waals surface area contributed by atoms with E-state index < -0.39 is 0 Å². The number of nitrogens with zero attached hydrogens (tertiary/aromatic N) is 3. The third kappa shape index (κ3) is 4.58. The Bertz CT molecular complexity index is 759. The van der Waals surface area contributed by atoms with E-state index in [9.17, 15) is 0 Å². The van der Waals surface area contributed by atoms with Gasteiger partial charge < -0.3 is 10.6 Å². The second-order valence-electron chi connectivity index (χ2n) is 7.14. The van der Waals surface area contributed by atoms with Crippen LogP contribution < -0.4 is 10.6 Å². The molecule has 0 aliphatic heterocycles. The fourth-order valence-electron chi connectivity index (χ4n) is 3.33. The number of halogens is 1. The molecule has 140 valence electrons. The predicted molar refractivity (Wildman–Crippen MR) is 108 cm³/mol. The third-order valence-electron chi connectivity index (χ3n) is 5.07. The lowest BCUT2D eigenvalue weighted by Gasteiger charge is -2.19. The number of hydrogen-bond donors (Lipinski definition) is 2. The number of guanidine groups is 1. The van der Waals surface area contributed by atoms with Crippen molar-refractivity contribution >= 4 is 17.6 Å². The standard InChI is InChI=1S/C20H28ClN5/c1-15-13-16(2)26(25-15)12-4-11-23-19(22-3)24-14-20(9-10-20)17-5-7-18(21)8-6-17/h5-8,13H,4,9-12,14H2,1-3H3,(H2,22,23,24). The van der Waals surface area contributed by atoms with Gasteiger partial charge in [0.1, 0.15) is 0 Å². The molecule has 0 saturated heterocycles. The Labute approximate surface area is 160 Å². The average Bonchev–Trinajstić information content (AvgIpc) is 3.34. The van der Waals surface area contributed by atoms with Gasteiger partial charge in [-0.05, 0) is 56.9 Å². The quantitative estimate of drug-likeness (QED) is 0.444. The molecule has 0 atom stereocenters. The first-order valence-electron chi connectivity index (χ1n) is 9.24. The Morgan fingerprint density at radius 2 is 1.96 bits per heavy atom. The average molecular weight is 374 g/mol. The molecule has 1 aromatic heterocycles. The summed E-state index contributed by atoms with van der Waals surface area (Å²) in [5.41, 5.74) is 3.87. The highest BCUT2D eigenvalue weighted by molar-refractivity contribution is 6.30. The summed E-state index contributed by atoms with van der Waals surface area (Å²) in [7, 11) is 1.82. The highest BCUT2D eigenvalue weighted by Crippen LogP contribution is 2.47. The molecule has 0 spiro atoms. The molecule has 5 nitrogen and oxygen atoms in total. The molecule has 2 aromatic rings. The molecule has 1 heterocycles. The lowest BCUT2D eigenvalue weighted by atomic mass is 9.96. The van der Waals surface area contributed by atoms with Crippen molar-refractivity contribution < 1.29 is 0 Å². The van der Waals surface area contributed by atoms with Crippen molar-refractivity contribution in [2.75, 3.05) is 20.1 Å². The minimum Gasteiger partial charge on any atom is -0.356 e. The van der Waals surface area contributed by atoms with E-state index in [1.54, 1.807) is 0 Å². The summed E-state index contributed by atoms with van der Waals surface area (Å²) in [5.74, 6) is 0.860. The van der Waals surface area contributed by atoms with Crippen LogP contribution in [0.2, 0.25) is 5.02 Å². The molecular weight excluding hydrogens is 346 g/mol. The van der Waals surface area contributed by atoms with E-state index in [1.807, 2.05) is 26.1 Å². The smallest absolute Gasteiger partial charge is 0.191 e. The molecule has 1 fully saturated rings. The SMILES string of the molecule is CN=C(NCCCn1nc(C)cc1C)NCC1(c2ccc(Cl)cc2)CC1. The minimum atomic E-state index is 0.228. The first-order valence-corrected chi connectivity index (χ1v) is 9.62. The van der Waals surface area contributed by atoms with Gasteiger partial charge in [-0.2, -0.15) is 5.10 Å². The predicted octanol–water partition coefficient (Wildman–Crippen LogP) is 3.44. The molecule has 1 saturated carbocycles. The second kappa shape index (κ2) is 8.12. The fraction of sp³-hybridized carbons (Fsp3) is 0.500. The van der Waals surface area contributed by atoms with E-state index in [4.69, 9.17) is 11.6 Å². The van der Waals surface area contributed by atoms with Crippen LogP contribution in [0, 0.1) is 13.8 Å². The van der Waals surface area contributed by atoms with E-state index in [-0.39, 0.29) is 5.41 Å². The van der Waals surface area contributed by atoms with Crippen molar-refractivity contribution in [2.45, 2.75) is 45.1 Å². The molecule has 6 heteroatoms. The van der Waals surface area contributed by atoms with Crippen LogP contribution in [0.25, 0.3) is 0 Å². The Hall–Kier alpha value is -2.01. The highest BCUT2D eigenvalue weighted by Gasteiger charge is 2.44. The van der Waals surface area contributed by atoms with Gasteiger partial charge in [-0.3, -0.25) is 9.67 Å². The van der Waals surface area contributed by atoms with Crippen LogP contribution in [-0.2, 0) is 12.0 Å². The number of hydrogen-bond acceptors (Lipinski definition) is 2. The van der Waals surface area contributed by atoms with Gasteiger partial charge in [0.25, 0.3) is 0 Å². The molecule has 3 rings (SSSR count). The molecule has 2 N–H and O–H groups in total. The van der Waals surface area contributed by atoms with Crippen LogP contribution in [0.1, 0.15) is 36.2 Å². The number of rotatable bonds is 7. The summed E-state index contributed by atoms with van der Waals surface area (Å²) in [6.45, 7) is 6.80. The fourth-order valence-corrected chi connectivity index (χ4v) is 3.46. The first-order chi connectivity index (χ1) is 12.5. The van der Waals surface area contributed by atoms with Crippen LogP contribution in [0.3, 0.4) is 0 Å². The van der Waals surface area contributed by atoms with Crippen molar-refractivity contribution in [1.82, 2.24) is 20.4 Å². The third-order valence-corrected chi connectivity index (χ3v) is 5.32. The van der Waals surface area contributed by atoms with Crippen LogP contribution >= 0.6 is 11.6 Å². The van der Waals surface area contributed by atoms with Crippen molar-refractivity contribution in [3.8, 4) is 0 Å². The molecule has 1 aromatic carbocycles. The summed E-state index contributed by atoms with van der Waals surface area (Å²) in [6, 6.07) is 10.3. The summed E-state index contributed by atoms with van der Waals surface area (Å²) < 4.78 is 2.06. The van der Waals surface area contributed by atoms with Gasteiger partial charge in [0, 0.05) is 42.8 Å². The molecular formula is C20H28ClN5. The van der Waals surface area contributed by atoms with Crippen molar-refractivity contribution in [3.63, 3.8) is 0 Å². The maximum atomic E-state index is 6.01. The minimum absolute atomic E-state index is 0.228. The van der Waals surface area contributed by atoms with Gasteiger partial charge >= 0.3 is 0 Å². The zero-order valence-corrected chi connectivity index (χ0v) is 16.6. The van der Waals surface area contributed by atoms with Gasteiger partial charge in [0.15, 0.2) is 5.96 Å². The molecule has 1 aliphatic rings. The van der Waals surface area contributed by atoms with Gasteiger partial charge in [-0.15, -0.1) is 0 Å². The number of benzene rings is 1. The monoisotopic (exact) mass is 373 g/mol. The number of aromatic nitrogens is 2. The number of nitrogens with one attached hydrogen (secondary N) is 2. The second-order valence-corrected chi connectivity index (χ2v) is 7.58. The zero-order valence-electron chi connectivity index (χ0n) is 15.8. The largest absolute Gasteiger partial charge is 0.356 e. The Kier molecular flexibility index (Phi) is 5.87. The number of aryl methyl sites for hydroxylation is 3. The Morgan fingerprint density at radius 1 is 1.23 bits per heavy atom. The van der Waals surface area contributed by atoms with Crippen LogP contribution in [-0.4, -0.2) is 35.9 Å². The first kappa shape index (κ1) is 18.8. The van der Waals surface area contributed by atoms with E-state index >= 15 is 0 Å². The summed E-state index contributed by atoms with van der Waals surface area (Å²) in [4.78, 5) is 4.34. The maximum Gasteiger partial charge on any atom is 0.191 e. The Balaban J connectivity index is 1.43. The van der Waals surface area contributed by atoms with Gasteiger partial charge in [-0.25, -0.2) is 0 Å². The topological polar surface area (TPSA) is 54.2 Å². The summed E-state index contributed by atoms with van der Waals surface area (Å²) in [5, 5.41) is 12.2. The van der Waals surface area contributed by atoms with E-state index in [0.717, 1.165) is 42.7 Å². The summed E-state index contributed by atoms with van der Waals surface area (Å²) in [6.07, 6.45) is 3.41. The van der Waals surface area contributed by atoms with Gasteiger partial charge in [0.05, 0.1) is 5.69 Å². The van der Waals surface area contributed by atoms with E-state index in [0.29, 0.717) is 0 Å². The molecule has 0 unspecified atom stereocenters. The van der Waals surface area contributed by atoms with E-state index in [2.05, 4.69) is 50.5 Å². The summed E-state index contributed by atoms with van der Waals surface area (Å²) >= 11 is 6.01. The van der Waals surface area contributed by atoms with Crippen molar-refractivity contribution in [3.05, 3.63) is 52.3 Å². The van der Waals surface area contributed by atoms with Crippen molar-refractivity contribution in [2.24, 2.45) is 4.99 Å². The molecule has 0 radical (unpaired) electrons. The van der Waals surface area contributed by atoms with Crippen molar-refractivity contribution in [1.29, 1.82) is 0 Å². The molecule has 0 bridgehead atoms. The van der Waals surface area contributed by atoms with Crippen LogP contribution in [0.15, 0.2) is 35.3 Å². The number of aliphatic imine (C=N–C) groups is 1.